The third kappa shape index (κ3) is 3.52. The maximum absolute atomic E-state index is 14.0. The van der Waals surface area contributed by atoms with Crippen molar-refractivity contribution >= 4 is 23.8 Å². The van der Waals surface area contributed by atoms with Crippen LogP contribution in [0.15, 0.2) is 24.3 Å². The van der Waals surface area contributed by atoms with Gasteiger partial charge in [-0.2, -0.15) is 0 Å². The molecule has 0 aromatic heterocycles. The zero-order chi connectivity index (χ0) is 16.5. The molecule has 1 heterocycles. The van der Waals surface area contributed by atoms with E-state index in [1.807, 2.05) is 0 Å². The van der Waals surface area contributed by atoms with Crippen LogP contribution in [0.2, 0.25) is 0 Å². The maximum Gasteiger partial charge on any atom is 0.412 e. The highest BCUT2D eigenvalue weighted by molar-refractivity contribution is 7.99. The fourth-order valence-electron chi connectivity index (χ4n) is 2.15. The van der Waals surface area contributed by atoms with Crippen LogP contribution >= 0.6 is 11.8 Å². The molecule has 1 aliphatic rings. The number of aliphatic carboxylic acids is 1. The Morgan fingerprint density at radius 3 is 2.55 bits per heavy atom. The summed E-state index contributed by atoms with van der Waals surface area (Å²) in [7, 11) is 0. The predicted octanol–water partition coefficient (Wildman–Crippen LogP) is 3.26. The van der Waals surface area contributed by atoms with E-state index in [2.05, 4.69) is 0 Å². The Hall–Kier alpha value is -1.76. The summed E-state index contributed by atoms with van der Waals surface area (Å²) in [6.07, 6.45) is -0.752. The van der Waals surface area contributed by atoms with E-state index in [-0.39, 0.29) is 11.3 Å². The molecule has 22 heavy (non-hydrogen) atoms. The molecule has 0 spiro atoms. The fourth-order valence-corrected chi connectivity index (χ4v) is 3.58. The number of hydrogen-bond acceptors (Lipinski definition) is 4. The lowest BCUT2D eigenvalue weighted by Gasteiger charge is -2.30. The molecule has 5 nitrogen and oxygen atoms in total. The van der Waals surface area contributed by atoms with Gasteiger partial charge in [-0.05, 0) is 26.8 Å². The zero-order valence-electron chi connectivity index (χ0n) is 12.6. The average molecular weight is 327 g/mol. The molecule has 0 radical (unpaired) electrons. The van der Waals surface area contributed by atoms with Crippen molar-refractivity contribution in [1.29, 1.82) is 0 Å². The van der Waals surface area contributed by atoms with Gasteiger partial charge in [-0.1, -0.05) is 18.2 Å². The highest BCUT2D eigenvalue weighted by atomic mass is 32.2. The fraction of sp³-hybridized carbons (Fsp3) is 0.467. The van der Waals surface area contributed by atoms with Crippen LogP contribution in [0.5, 0.6) is 0 Å². The van der Waals surface area contributed by atoms with Gasteiger partial charge in [-0.3, -0.25) is 4.90 Å². The second kappa shape index (κ2) is 6.16. The van der Waals surface area contributed by atoms with Gasteiger partial charge in [-0.15, -0.1) is 11.8 Å². The summed E-state index contributed by atoms with van der Waals surface area (Å²) in [5.74, 6) is -1.41. The van der Waals surface area contributed by atoms with E-state index >= 15 is 0 Å². The Balaban J connectivity index is 2.35. The van der Waals surface area contributed by atoms with Crippen LogP contribution in [0.3, 0.4) is 0 Å². The molecule has 0 unspecified atom stereocenters. The number of rotatable bonds is 2. The first-order valence-corrected chi connectivity index (χ1v) is 7.86. The van der Waals surface area contributed by atoms with E-state index in [1.54, 1.807) is 39.0 Å². The van der Waals surface area contributed by atoms with Gasteiger partial charge in [0, 0.05) is 11.3 Å². The Morgan fingerprint density at radius 2 is 2.00 bits per heavy atom. The minimum Gasteiger partial charge on any atom is -0.480 e. The van der Waals surface area contributed by atoms with E-state index in [0.29, 0.717) is 0 Å². The molecule has 7 heteroatoms. The first-order valence-electron chi connectivity index (χ1n) is 6.81. The lowest BCUT2D eigenvalue weighted by molar-refractivity contribution is -0.142. The molecular weight excluding hydrogens is 309 g/mol. The Labute approximate surface area is 132 Å². The maximum atomic E-state index is 14.0. The van der Waals surface area contributed by atoms with Gasteiger partial charge < -0.3 is 9.84 Å². The van der Waals surface area contributed by atoms with Gasteiger partial charge in [0.25, 0.3) is 0 Å². The van der Waals surface area contributed by atoms with Crippen molar-refractivity contribution in [1.82, 2.24) is 4.90 Å². The van der Waals surface area contributed by atoms with Crippen LogP contribution in [-0.4, -0.2) is 39.5 Å². The molecule has 2 rings (SSSR count). The van der Waals surface area contributed by atoms with E-state index in [4.69, 9.17) is 4.74 Å². The van der Waals surface area contributed by atoms with Gasteiger partial charge >= 0.3 is 12.1 Å². The third-order valence-corrected chi connectivity index (χ3v) is 4.37. The number of hydrogen-bond donors (Lipinski definition) is 1. The minimum atomic E-state index is -1.13. The predicted molar refractivity (Wildman–Crippen MR) is 81.1 cm³/mol. The van der Waals surface area contributed by atoms with E-state index < -0.39 is 34.9 Å². The van der Waals surface area contributed by atoms with E-state index in [9.17, 15) is 19.1 Å². The van der Waals surface area contributed by atoms with Crippen LogP contribution in [-0.2, 0) is 9.53 Å². The molecule has 120 valence electrons. The largest absolute Gasteiger partial charge is 0.480 e. The highest BCUT2D eigenvalue weighted by Gasteiger charge is 2.45. The number of carboxylic acid groups (broad SMARTS) is 1. The van der Waals surface area contributed by atoms with Gasteiger partial charge in [-0.25, -0.2) is 14.0 Å². The lowest BCUT2D eigenvalue weighted by Crippen LogP contribution is -2.45. The van der Waals surface area contributed by atoms with E-state index in [0.717, 1.165) is 4.90 Å². The second-order valence-corrected chi connectivity index (χ2v) is 7.06. The van der Waals surface area contributed by atoms with Crippen molar-refractivity contribution in [2.45, 2.75) is 37.8 Å². The first-order chi connectivity index (χ1) is 10.2. The number of benzene rings is 1. The summed E-state index contributed by atoms with van der Waals surface area (Å²) in [5.41, 5.74) is -0.477. The van der Waals surface area contributed by atoms with Crippen molar-refractivity contribution in [2.24, 2.45) is 0 Å². The molecule has 0 bridgehead atoms. The SMILES string of the molecule is CC(C)(C)OC(=O)N1[C@@H](c2ccccc2F)SC[C@H]1C(=O)O. The Kier molecular flexibility index (Phi) is 4.65. The summed E-state index contributed by atoms with van der Waals surface area (Å²) in [4.78, 5) is 24.9. The molecule has 1 saturated heterocycles. The molecular formula is C15H18FNO4S. The van der Waals surface area contributed by atoms with Crippen LogP contribution in [0, 0.1) is 5.82 Å². The van der Waals surface area contributed by atoms with Crippen molar-refractivity contribution in [3.8, 4) is 0 Å². The Morgan fingerprint density at radius 1 is 1.36 bits per heavy atom. The number of thioether (sulfide) groups is 1. The van der Waals surface area contributed by atoms with Crippen molar-refractivity contribution in [2.75, 3.05) is 5.75 Å². The molecule has 1 fully saturated rings. The third-order valence-electron chi connectivity index (χ3n) is 3.06. The summed E-state index contributed by atoms with van der Waals surface area (Å²) in [5, 5.41) is 8.60. The number of nitrogens with zero attached hydrogens (tertiary/aromatic N) is 1. The van der Waals surface area contributed by atoms with Crippen molar-refractivity contribution < 1.29 is 23.8 Å². The van der Waals surface area contributed by atoms with E-state index in [1.165, 1.54) is 17.8 Å². The summed E-state index contributed by atoms with van der Waals surface area (Å²) in [6.45, 7) is 5.09. The second-order valence-electron chi connectivity index (χ2n) is 5.95. The molecule has 2 atom stereocenters. The number of ether oxygens (including phenoxy) is 1. The minimum absolute atomic E-state index is 0.188. The van der Waals surface area contributed by atoms with Gasteiger partial charge in [0.2, 0.25) is 0 Å². The molecule has 0 aliphatic carbocycles. The summed E-state index contributed by atoms with van der Waals surface area (Å²) < 4.78 is 19.3. The quantitative estimate of drug-likeness (QED) is 0.903. The molecule has 1 aromatic rings. The molecule has 1 aromatic carbocycles. The van der Waals surface area contributed by atoms with Gasteiger partial charge in [0.1, 0.15) is 22.8 Å². The Bertz CT molecular complexity index is 587. The summed E-state index contributed by atoms with van der Waals surface area (Å²) >= 11 is 1.21. The normalized spacial score (nSPS) is 21.7. The smallest absolute Gasteiger partial charge is 0.412 e. The molecule has 1 aliphatic heterocycles. The molecule has 1 amide bonds. The zero-order valence-corrected chi connectivity index (χ0v) is 13.4. The van der Waals surface area contributed by atoms with Crippen molar-refractivity contribution in [3.05, 3.63) is 35.6 Å². The highest BCUT2D eigenvalue weighted by Crippen LogP contribution is 2.43. The molecule has 0 saturated carbocycles. The van der Waals surface area contributed by atoms with Gasteiger partial charge in [0.05, 0.1) is 0 Å². The average Bonchev–Trinajstić information content (AvgIpc) is 2.82. The summed E-state index contributed by atoms with van der Waals surface area (Å²) in [6, 6.07) is 5.00. The number of carboxylic acids is 1. The number of carbonyl (C=O) groups excluding carboxylic acids is 1. The molecule has 1 N–H and O–H groups in total. The van der Waals surface area contributed by atoms with Crippen LogP contribution in [0.1, 0.15) is 31.7 Å². The van der Waals surface area contributed by atoms with Gasteiger partial charge in [0.15, 0.2) is 0 Å². The standard InChI is InChI=1S/C15H18FNO4S/c1-15(2,3)21-14(20)17-11(13(18)19)8-22-12(17)9-6-4-5-7-10(9)16/h4-7,11-12H,8H2,1-3H3,(H,18,19)/t11-,12+/m0/s1. The van der Waals surface area contributed by atoms with Crippen LogP contribution in [0.25, 0.3) is 0 Å². The topological polar surface area (TPSA) is 66.8 Å². The van der Waals surface area contributed by atoms with Crippen LogP contribution < -0.4 is 0 Å². The van der Waals surface area contributed by atoms with Crippen LogP contribution in [0.4, 0.5) is 9.18 Å². The van der Waals surface area contributed by atoms with Crippen molar-refractivity contribution in [3.63, 3.8) is 0 Å². The number of amides is 1. The number of halogens is 1. The lowest BCUT2D eigenvalue weighted by atomic mass is 10.1. The first kappa shape index (κ1) is 16.6. The monoisotopic (exact) mass is 327 g/mol. The number of carbonyl (C=O) groups is 2.